The summed E-state index contributed by atoms with van der Waals surface area (Å²) in [6.07, 6.45) is 2.16. The van der Waals surface area contributed by atoms with Gasteiger partial charge in [0.2, 0.25) is 0 Å². The lowest BCUT2D eigenvalue weighted by molar-refractivity contribution is 0.0910. The first-order valence-electron chi connectivity index (χ1n) is 9.80. The summed E-state index contributed by atoms with van der Waals surface area (Å²) in [5, 5.41) is 2.98. The number of Topliss-reactive ketones (excluding diaryl/α,β-unsaturated/α-hetero) is 1. The maximum Gasteiger partial charge on any atom is 0.268 e. The van der Waals surface area contributed by atoms with Gasteiger partial charge in [-0.3, -0.25) is 19.0 Å². The molecule has 1 heterocycles. The third kappa shape index (κ3) is 4.03. The van der Waals surface area contributed by atoms with Crippen molar-refractivity contribution in [2.45, 2.75) is 26.7 Å². The van der Waals surface area contributed by atoms with Crippen LogP contribution in [0.5, 0.6) is 0 Å². The van der Waals surface area contributed by atoms with Crippen LogP contribution < -0.4 is 10.9 Å². The predicted octanol–water partition coefficient (Wildman–Crippen LogP) is 5.04. The molecule has 1 amide bonds. The third-order valence-corrected chi connectivity index (χ3v) is 5.62. The van der Waals surface area contributed by atoms with E-state index in [-0.39, 0.29) is 17.0 Å². The first-order chi connectivity index (χ1) is 14.7. The van der Waals surface area contributed by atoms with Gasteiger partial charge in [0.05, 0.1) is 5.69 Å². The maximum absolute atomic E-state index is 14.1. The molecule has 0 fully saturated rings. The topological polar surface area (TPSA) is 68.2 Å². The molecule has 2 aromatic carbocycles. The largest absolute Gasteiger partial charge is 0.319 e. The van der Waals surface area contributed by atoms with E-state index < -0.39 is 22.7 Å². The lowest BCUT2D eigenvalue weighted by Gasteiger charge is -2.31. The number of nitrogens with zero attached hydrogens (tertiary/aromatic N) is 1. The summed E-state index contributed by atoms with van der Waals surface area (Å²) in [6.45, 7) is 3.83. The molecule has 158 valence electrons. The number of carbonyl (C=O) groups excluding carboxylic acids is 2. The van der Waals surface area contributed by atoms with Crippen molar-refractivity contribution < 1.29 is 14.0 Å². The second-order valence-electron chi connectivity index (χ2n) is 8.42. The highest BCUT2D eigenvalue weighted by atomic mass is 35.5. The van der Waals surface area contributed by atoms with Crippen molar-refractivity contribution in [3.05, 3.63) is 92.6 Å². The van der Waals surface area contributed by atoms with Gasteiger partial charge in [0.1, 0.15) is 11.4 Å². The van der Waals surface area contributed by atoms with Crippen LogP contribution in [0, 0.1) is 11.2 Å². The van der Waals surface area contributed by atoms with Crippen LogP contribution in [0.4, 0.5) is 10.1 Å². The van der Waals surface area contributed by atoms with Gasteiger partial charge in [-0.15, -0.1) is 0 Å². The molecule has 5 nitrogen and oxygen atoms in total. The number of rotatable bonds is 3. The van der Waals surface area contributed by atoms with E-state index >= 15 is 0 Å². The van der Waals surface area contributed by atoms with Gasteiger partial charge in [0.15, 0.2) is 5.78 Å². The van der Waals surface area contributed by atoms with Gasteiger partial charge >= 0.3 is 0 Å². The van der Waals surface area contributed by atoms with E-state index in [1.807, 2.05) is 13.8 Å². The van der Waals surface area contributed by atoms with Crippen molar-refractivity contribution in [1.29, 1.82) is 0 Å². The normalized spacial score (nSPS) is 14.8. The van der Waals surface area contributed by atoms with Crippen molar-refractivity contribution in [3.63, 3.8) is 0 Å². The first-order valence-corrected chi connectivity index (χ1v) is 10.2. The Bertz CT molecular complexity index is 1260. The van der Waals surface area contributed by atoms with Crippen LogP contribution in [0.1, 0.15) is 46.5 Å². The molecule has 0 unspecified atom stereocenters. The van der Waals surface area contributed by atoms with Crippen LogP contribution in [0.2, 0.25) is 5.02 Å². The number of anilines is 1. The number of nitrogens with one attached hydrogen (secondary N) is 1. The Balaban J connectivity index is 1.92. The molecule has 31 heavy (non-hydrogen) atoms. The third-order valence-electron chi connectivity index (χ3n) is 5.37. The second kappa shape index (κ2) is 7.78. The van der Waals surface area contributed by atoms with Crippen LogP contribution in [0.25, 0.3) is 5.69 Å². The summed E-state index contributed by atoms with van der Waals surface area (Å²) in [6, 6.07) is 12.2. The maximum atomic E-state index is 14.1. The highest BCUT2D eigenvalue weighted by Crippen LogP contribution is 2.36. The minimum atomic E-state index is -0.750. The fraction of sp³-hybridized carbons (Fsp3) is 0.208. The van der Waals surface area contributed by atoms with Gasteiger partial charge < -0.3 is 5.32 Å². The van der Waals surface area contributed by atoms with Gasteiger partial charge in [0.25, 0.3) is 11.5 Å². The Kier molecular flexibility index (Phi) is 5.27. The average molecular weight is 439 g/mol. The Morgan fingerprint density at radius 2 is 1.74 bits per heavy atom. The number of hydrogen-bond acceptors (Lipinski definition) is 3. The molecular formula is C24H20ClFN2O3. The number of carbonyl (C=O) groups is 2. The van der Waals surface area contributed by atoms with Crippen molar-refractivity contribution >= 4 is 29.0 Å². The molecule has 3 aromatic rings. The molecule has 4 rings (SSSR count). The lowest BCUT2D eigenvalue weighted by Crippen LogP contribution is -2.37. The SMILES string of the molecule is CC1(C)CC(=O)c2cn(-c3ccc(Cl)cc3)c(=O)c(C(=O)Nc3ccccc3F)c2C1. The number of ketones is 1. The molecule has 0 saturated carbocycles. The molecule has 0 spiro atoms. The average Bonchev–Trinajstić information content (AvgIpc) is 2.69. The van der Waals surface area contributed by atoms with E-state index in [0.717, 1.165) is 0 Å². The Hall–Kier alpha value is -3.25. The van der Waals surface area contributed by atoms with E-state index in [1.165, 1.54) is 29.0 Å². The van der Waals surface area contributed by atoms with Crippen molar-refractivity contribution in [3.8, 4) is 5.69 Å². The molecule has 1 aliphatic rings. The smallest absolute Gasteiger partial charge is 0.268 e. The number of fused-ring (bicyclic) bond motifs is 1. The van der Waals surface area contributed by atoms with Gasteiger partial charge in [-0.2, -0.15) is 0 Å². The number of hydrogen-bond donors (Lipinski definition) is 1. The molecule has 1 N–H and O–H groups in total. The highest BCUT2D eigenvalue weighted by molar-refractivity contribution is 6.30. The number of pyridine rings is 1. The van der Waals surface area contributed by atoms with E-state index in [0.29, 0.717) is 34.7 Å². The molecule has 0 bridgehead atoms. The lowest BCUT2D eigenvalue weighted by atomic mass is 9.73. The number of para-hydroxylation sites is 1. The molecule has 0 aliphatic heterocycles. The summed E-state index contributed by atoms with van der Waals surface area (Å²) in [4.78, 5) is 39.5. The van der Waals surface area contributed by atoms with Crippen LogP contribution in [0.15, 0.2) is 59.5 Å². The van der Waals surface area contributed by atoms with Crippen molar-refractivity contribution in [2.75, 3.05) is 5.32 Å². The quantitative estimate of drug-likeness (QED) is 0.623. The molecule has 0 saturated heterocycles. The van der Waals surface area contributed by atoms with Crippen LogP contribution >= 0.6 is 11.6 Å². The van der Waals surface area contributed by atoms with Gasteiger partial charge in [0, 0.05) is 28.9 Å². The zero-order valence-electron chi connectivity index (χ0n) is 17.0. The van der Waals surface area contributed by atoms with Crippen LogP contribution in [-0.2, 0) is 6.42 Å². The minimum absolute atomic E-state index is 0.0380. The highest BCUT2D eigenvalue weighted by Gasteiger charge is 2.36. The second-order valence-corrected chi connectivity index (χ2v) is 8.86. The Morgan fingerprint density at radius 1 is 1.06 bits per heavy atom. The van der Waals surface area contributed by atoms with E-state index in [1.54, 1.807) is 30.3 Å². The summed E-state index contributed by atoms with van der Waals surface area (Å²) >= 11 is 5.95. The van der Waals surface area contributed by atoms with Crippen LogP contribution in [0.3, 0.4) is 0 Å². The summed E-state index contributed by atoms with van der Waals surface area (Å²) in [7, 11) is 0. The molecular weight excluding hydrogens is 419 g/mol. The molecule has 0 atom stereocenters. The molecule has 1 aromatic heterocycles. The number of halogens is 2. The fourth-order valence-electron chi connectivity index (χ4n) is 3.92. The van der Waals surface area contributed by atoms with Gasteiger partial charge in [-0.25, -0.2) is 4.39 Å². The predicted molar refractivity (Wildman–Crippen MR) is 118 cm³/mol. The summed E-state index contributed by atoms with van der Waals surface area (Å²) in [5.41, 5.74) is 0.00420. The van der Waals surface area contributed by atoms with Crippen molar-refractivity contribution in [1.82, 2.24) is 4.57 Å². The zero-order chi connectivity index (χ0) is 22.3. The van der Waals surface area contributed by atoms with E-state index in [2.05, 4.69) is 5.32 Å². The van der Waals surface area contributed by atoms with Gasteiger partial charge in [-0.1, -0.05) is 37.6 Å². The monoisotopic (exact) mass is 438 g/mol. The van der Waals surface area contributed by atoms with Gasteiger partial charge in [-0.05, 0) is 53.8 Å². The number of benzene rings is 2. The molecule has 0 radical (unpaired) electrons. The first kappa shape index (κ1) is 21.0. The van der Waals surface area contributed by atoms with E-state index in [4.69, 9.17) is 11.6 Å². The number of aromatic nitrogens is 1. The standard InChI is InChI=1S/C24H20ClFN2O3/c1-24(2)11-16-17(20(29)12-24)13-28(15-9-7-14(25)8-10-15)23(31)21(16)22(30)27-19-6-4-3-5-18(19)26/h3-10,13H,11-12H2,1-2H3,(H,27,30). The Morgan fingerprint density at radius 3 is 2.42 bits per heavy atom. The Labute approximate surface area is 183 Å². The van der Waals surface area contributed by atoms with E-state index in [9.17, 15) is 18.8 Å². The molecule has 1 aliphatic carbocycles. The number of amides is 1. The zero-order valence-corrected chi connectivity index (χ0v) is 17.8. The van der Waals surface area contributed by atoms with Crippen LogP contribution in [-0.4, -0.2) is 16.3 Å². The van der Waals surface area contributed by atoms with Crippen molar-refractivity contribution in [2.24, 2.45) is 5.41 Å². The fourth-order valence-corrected chi connectivity index (χ4v) is 4.05. The molecule has 7 heteroatoms. The summed E-state index contributed by atoms with van der Waals surface area (Å²) in [5.74, 6) is -1.51. The minimum Gasteiger partial charge on any atom is -0.319 e. The summed E-state index contributed by atoms with van der Waals surface area (Å²) < 4.78 is 15.4.